The number of hydrogen-bond acceptors (Lipinski definition) is 3. The quantitative estimate of drug-likeness (QED) is 0.658. The molecule has 1 saturated heterocycles. The normalized spacial score (nSPS) is 16.9. The third kappa shape index (κ3) is 3.73. The van der Waals surface area contributed by atoms with Crippen molar-refractivity contribution in [2.24, 2.45) is 4.99 Å². The van der Waals surface area contributed by atoms with Crippen LogP contribution in [0.3, 0.4) is 0 Å². The number of amidine groups is 1. The molecule has 0 spiro atoms. The van der Waals surface area contributed by atoms with Crippen LogP contribution in [-0.2, 0) is 4.79 Å². The molecule has 4 rings (SSSR count). The van der Waals surface area contributed by atoms with Gasteiger partial charge in [-0.15, -0.1) is 0 Å². The number of aromatic nitrogens is 1. The molecule has 1 aliphatic rings. The number of rotatable bonds is 3. The van der Waals surface area contributed by atoms with Crippen LogP contribution >= 0.6 is 11.8 Å². The van der Waals surface area contributed by atoms with Crippen molar-refractivity contribution in [2.45, 2.75) is 13.8 Å². The third-order valence-electron chi connectivity index (χ3n) is 4.28. The fraction of sp³-hybridized carbons (Fsp3) is 0.0909. The first kappa shape index (κ1) is 17.4. The fourth-order valence-corrected chi connectivity index (χ4v) is 3.86. The Kier molecular flexibility index (Phi) is 4.69. The standard InChI is InChI=1S/C22H19N3OS/c1-15-7-6-8-17(13-15)23-22-24-21(26)20(27-22)14-19-12-11-16(2)25(19)18-9-4-3-5-10-18/h3-14H,1-2H3,(H,23,24,26)/b20-14-. The molecule has 1 aromatic heterocycles. The van der Waals surface area contributed by atoms with E-state index in [1.807, 2.05) is 61.5 Å². The molecule has 1 fully saturated rings. The Bertz CT molecular complexity index is 1060. The van der Waals surface area contributed by atoms with Gasteiger partial charge in [0.2, 0.25) is 0 Å². The number of nitrogens with one attached hydrogen (secondary N) is 1. The number of hydrogen-bond donors (Lipinski definition) is 1. The lowest BCUT2D eigenvalue weighted by atomic mass is 10.2. The number of carbonyl (C=O) groups is 1. The predicted octanol–water partition coefficient (Wildman–Crippen LogP) is 4.99. The summed E-state index contributed by atoms with van der Waals surface area (Å²) in [5.41, 5.74) is 5.13. The molecule has 1 aliphatic heterocycles. The molecule has 0 bridgehead atoms. The highest BCUT2D eigenvalue weighted by molar-refractivity contribution is 8.18. The largest absolute Gasteiger partial charge is 0.314 e. The summed E-state index contributed by atoms with van der Waals surface area (Å²) in [6.45, 7) is 4.08. The lowest BCUT2D eigenvalue weighted by Gasteiger charge is -2.09. The van der Waals surface area contributed by atoms with E-state index in [-0.39, 0.29) is 5.91 Å². The maximum Gasteiger partial charge on any atom is 0.264 e. The highest BCUT2D eigenvalue weighted by Crippen LogP contribution is 2.29. The maximum atomic E-state index is 12.4. The van der Waals surface area contributed by atoms with E-state index in [0.717, 1.165) is 28.3 Å². The maximum absolute atomic E-state index is 12.4. The highest BCUT2D eigenvalue weighted by atomic mass is 32.2. The smallest absolute Gasteiger partial charge is 0.264 e. The molecule has 0 atom stereocenters. The molecule has 0 unspecified atom stereocenters. The van der Waals surface area contributed by atoms with Crippen LogP contribution in [0.5, 0.6) is 0 Å². The van der Waals surface area contributed by atoms with Gasteiger partial charge in [0.25, 0.3) is 5.91 Å². The molecule has 1 N–H and O–H groups in total. The van der Waals surface area contributed by atoms with Crippen LogP contribution in [0.25, 0.3) is 11.8 Å². The molecule has 5 heteroatoms. The van der Waals surface area contributed by atoms with Crippen LogP contribution in [0.15, 0.2) is 76.6 Å². The second-order valence-corrected chi connectivity index (χ2v) is 7.42. The summed E-state index contributed by atoms with van der Waals surface area (Å²) in [5.74, 6) is -0.120. The van der Waals surface area contributed by atoms with E-state index in [4.69, 9.17) is 0 Å². The number of benzene rings is 2. The third-order valence-corrected chi connectivity index (χ3v) is 5.19. The lowest BCUT2D eigenvalue weighted by molar-refractivity contribution is -0.115. The SMILES string of the molecule is Cc1cccc(N=C2NC(=O)/C(=C/c3ccc(C)n3-c3ccccc3)S2)c1. The van der Waals surface area contributed by atoms with E-state index in [2.05, 4.69) is 40.0 Å². The van der Waals surface area contributed by atoms with Gasteiger partial charge in [0, 0.05) is 17.1 Å². The molecule has 0 radical (unpaired) electrons. The van der Waals surface area contributed by atoms with Gasteiger partial charge >= 0.3 is 0 Å². The Hall–Kier alpha value is -3.05. The average molecular weight is 373 g/mol. The summed E-state index contributed by atoms with van der Waals surface area (Å²) < 4.78 is 2.14. The van der Waals surface area contributed by atoms with Gasteiger partial charge in [-0.05, 0) is 73.6 Å². The molecular formula is C22H19N3OS. The summed E-state index contributed by atoms with van der Waals surface area (Å²) >= 11 is 1.36. The Labute approximate surface area is 162 Å². The molecule has 2 heterocycles. The highest BCUT2D eigenvalue weighted by Gasteiger charge is 2.24. The van der Waals surface area contributed by atoms with Crippen molar-refractivity contribution in [1.82, 2.24) is 9.88 Å². The second kappa shape index (κ2) is 7.29. The van der Waals surface area contributed by atoms with Crippen molar-refractivity contribution in [3.63, 3.8) is 0 Å². The van der Waals surface area contributed by atoms with Crippen LogP contribution < -0.4 is 5.32 Å². The first-order chi connectivity index (χ1) is 13.1. The van der Waals surface area contributed by atoms with Gasteiger partial charge < -0.3 is 9.88 Å². The lowest BCUT2D eigenvalue weighted by Crippen LogP contribution is -2.19. The van der Waals surface area contributed by atoms with Crippen molar-refractivity contribution in [3.8, 4) is 5.69 Å². The van der Waals surface area contributed by atoms with Crippen LogP contribution in [0.4, 0.5) is 5.69 Å². The van der Waals surface area contributed by atoms with Gasteiger partial charge in [0.05, 0.1) is 10.6 Å². The molecule has 27 heavy (non-hydrogen) atoms. The first-order valence-electron chi connectivity index (χ1n) is 8.70. The zero-order chi connectivity index (χ0) is 18.8. The minimum atomic E-state index is -0.120. The Morgan fingerprint density at radius 3 is 2.59 bits per heavy atom. The van der Waals surface area contributed by atoms with E-state index in [1.165, 1.54) is 11.8 Å². The summed E-state index contributed by atoms with van der Waals surface area (Å²) in [6, 6.07) is 22.1. The number of amides is 1. The topological polar surface area (TPSA) is 46.4 Å². The summed E-state index contributed by atoms with van der Waals surface area (Å²) in [7, 11) is 0. The first-order valence-corrected chi connectivity index (χ1v) is 9.52. The molecule has 0 saturated carbocycles. The zero-order valence-corrected chi connectivity index (χ0v) is 16.0. The van der Waals surface area contributed by atoms with Crippen molar-refractivity contribution in [3.05, 3.63) is 88.6 Å². The molecule has 2 aromatic carbocycles. The number of para-hydroxylation sites is 1. The van der Waals surface area contributed by atoms with E-state index < -0.39 is 0 Å². The molecule has 4 nitrogen and oxygen atoms in total. The molecular weight excluding hydrogens is 354 g/mol. The number of thioether (sulfide) groups is 1. The van der Waals surface area contributed by atoms with Crippen LogP contribution in [0.1, 0.15) is 17.0 Å². The number of aliphatic imine (C=N–C) groups is 1. The van der Waals surface area contributed by atoms with Crippen LogP contribution in [-0.4, -0.2) is 15.6 Å². The van der Waals surface area contributed by atoms with Crippen molar-refractivity contribution in [1.29, 1.82) is 0 Å². The average Bonchev–Trinajstić information content (AvgIpc) is 3.18. The fourth-order valence-electron chi connectivity index (χ4n) is 3.03. The van der Waals surface area contributed by atoms with Crippen molar-refractivity contribution in [2.75, 3.05) is 0 Å². The molecule has 1 amide bonds. The van der Waals surface area contributed by atoms with E-state index in [0.29, 0.717) is 10.1 Å². The summed E-state index contributed by atoms with van der Waals surface area (Å²) in [4.78, 5) is 17.6. The Morgan fingerprint density at radius 1 is 1.00 bits per heavy atom. The molecule has 134 valence electrons. The van der Waals surface area contributed by atoms with E-state index in [9.17, 15) is 4.79 Å². The summed E-state index contributed by atoms with van der Waals surface area (Å²) in [5, 5.41) is 3.46. The van der Waals surface area contributed by atoms with E-state index >= 15 is 0 Å². The van der Waals surface area contributed by atoms with Crippen molar-refractivity contribution < 1.29 is 4.79 Å². The second-order valence-electron chi connectivity index (χ2n) is 6.39. The minimum absolute atomic E-state index is 0.120. The van der Waals surface area contributed by atoms with Gasteiger partial charge in [-0.3, -0.25) is 4.79 Å². The zero-order valence-electron chi connectivity index (χ0n) is 15.1. The van der Waals surface area contributed by atoms with Gasteiger partial charge in [0.15, 0.2) is 5.17 Å². The van der Waals surface area contributed by atoms with Gasteiger partial charge in [-0.2, -0.15) is 0 Å². The van der Waals surface area contributed by atoms with Gasteiger partial charge in [-0.25, -0.2) is 4.99 Å². The van der Waals surface area contributed by atoms with Crippen LogP contribution in [0.2, 0.25) is 0 Å². The summed E-state index contributed by atoms with van der Waals surface area (Å²) in [6.07, 6.45) is 1.92. The van der Waals surface area contributed by atoms with Crippen LogP contribution in [0, 0.1) is 13.8 Å². The molecule has 3 aromatic rings. The van der Waals surface area contributed by atoms with Gasteiger partial charge in [-0.1, -0.05) is 30.3 Å². The van der Waals surface area contributed by atoms with Crippen molar-refractivity contribution >= 4 is 34.6 Å². The minimum Gasteiger partial charge on any atom is -0.314 e. The van der Waals surface area contributed by atoms with Gasteiger partial charge in [0.1, 0.15) is 0 Å². The number of nitrogens with zero attached hydrogens (tertiary/aromatic N) is 2. The van der Waals surface area contributed by atoms with E-state index in [1.54, 1.807) is 0 Å². The number of aryl methyl sites for hydroxylation is 2. The Morgan fingerprint density at radius 2 is 1.81 bits per heavy atom. The monoisotopic (exact) mass is 373 g/mol. The predicted molar refractivity (Wildman–Crippen MR) is 112 cm³/mol. The molecule has 0 aliphatic carbocycles. The Balaban J connectivity index is 1.65. The number of carbonyl (C=O) groups excluding carboxylic acids is 1.